The largest absolute Gasteiger partial charge is 0.294 e. The fourth-order valence-electron chi connectivity index (χ4n) is 1.48. The third-order valence-corrected chi connectivity index (χ3v) is 2.99. The maximum absolute atomic E-state index is 11.1. The number of aromatic nitrogens is 1. The third-order valence-electron chi connectivity index (χ3n) is 2.04. The molecular formula is C9H11N3O2S. The summed E-state index contributed by atoms with van der Waals surface area (Å²) in [6.45, 7) is 3.03. The van der Waals surface area contributed by atoms with E-state index < -0.39 is 0 Å². The summed E-state index contributed by atoms with van der Waals surface area (Å²) in [4.78, 5) is 28.3. The van der Waals surface area contributed by atoms with Crippen LogP contribution in [0.15, 0.2) is 5.38 Å². The standard InChI is InChI=1S/C9H11N3O2S/c1-6-5-15-9(10-6)4-12-2-7(13)11-8(14)3-12/h5H,2-4H2,1H3,(H,11,13,14). The first-order valence-electron chi connectivity index (χ1n) is 4.59. The second-order valence-corrected chi connectivity index (χ2v) is 4.44. The predicted octanol–water partition coefficient (Wildman–Crippen LogP) is -0.0901. The Labute approximate surface area is 91.1 Å². The minimum absolute atomic E-state index is 0.237. The van der Waals surface area contributed by atoms with Crippen molar-refractivity contribution in [3.05, 3.63) is 16.1 Å². The molecular weight excluding hydrogens is 214 g/mol. The number of piperazine rings is 1. The van der Waals surface area contributed by atoms with E-state index >= 15 is 0 Å². The quantitative estimate of drug-likeness (QED) is 0.715. The van der Waals surface area contributed by atoms with Gasteiger partial charge < -0.3 is 0 Å². The summed E-state index contributed by atoms with van der Waals surface area (Å²) >= 11 is 1.55. The molecule has 0 aromatic carbocycles. The molecule has 2 rings (SSSR count). The van der Waals surface area contributed by atoms with Crippen LogP contribution in [0, 0.1) is 6.92 Å². The van der Waals surface area contributed by atoms with Crippen molar-refractivity contribution in [2.75, 3.05) is 13.1 Å². The van der Waals surface area contributed by atoms with E-state index in [0.29, 0.717) is 6.54 Å². The molecule has 0 atom stereocenters. The van der Waals surface area contributed by atoms with Gasteiger partial charge in [-0.3, -0.25) is 19.8 Å². The van der Waals surface area contributed by atoms with Crippen LogP contribution < -0.4 is 5.32 Å². The molecule has 0 spiro atoms. The van der Waals surface area contributed by atoms with E-state index in [-0.39, 0.29) is 24.9 Å². The van der Waals surface area contributed by atoms with E-state index in [1.807, 2.05) is 12.3 Å². The minimum Gasteiger partial charge on any atom is -0.294 e. The summed E-state index contributed by atoms with van der Waals surface area (Å²) in [5, 5.41) is 5.16. The summed E-state index contributed by atoms with van der Waals surface area (Å²) in [5.74, 6) is -0.473. The molecule has 1 aliphatic rings. The number of aryl methyl sites for hydroxylation is 1. The molecule has 0 aliphatic carbocycles. The lowest BCUT2D eigenvalue weighted by atomic mass is 10.3. The first-order chi connectivity index (χ1) is 7.13. The molecule has 1 saturated heterocycles. The van der Waals surface area contributed by atoms with E-state index in [9.17, 15) is 9.59 Å². The first kappa shape index (κ1) is 10.3. The number of amides is 2. The zero-order valence-corrected chi connectivity index (χ0v) is 9.13. The summed E-state index contributed by atoms with van der Waals surface area (Å²) < 4.78 is 0. The van der Waals surface area contributed by atoms with Crippen molar-refractivity contribution in [2.24, 2.45) is 0 Å². The number of rotatable bonds is 2. The summed E-state index contributed by atoms with van der Waals surface area (Å²) in [7, 11) is 0. The second-order valence-electron chi connectivity index (χ2n) is 3.50. The van der Waals surface area contributed by atoms with Gasteiger partial charge in [0.15, 0.2) is 0 Å². The molecule has 80 valence electrons. The molecule has 1 fully saturated rings. The van der Waals surface area contributed by atoms with Gasteiger partial charge in [0.25, 0.3) is 0 Å². The molecule has 2 heterocycles. The lowest BCUT2D eigenvalue weighted by molar-refractivity contribution is -0.136. The Hall–Kier alpha value is -1.27. The highest BCUT2D eigenvalue weighted by Gasteiger charge is 2.22. The van der Waals surface area contributed by atoms with Crippen molar-refractivity contribution < 1.29 is 9.59 Å². The smallest absolute Gasteiger partial charge is 0.240 e. The molecule has 2 amide bonds. The average molecular weight is 225 g/mol. The zero-order valence-electron chi connectivity index (χ0n) is 8.32. The SMILES string of the molecule is Cc1csc(CN2CC(=O)NC(=O)C2)n1. The normalized spacial score (nSPS) is 17.9. The number of hydrogen-bond donors (Lipinski definition) is 1. The van der Waals surface area contributed by atoms with Gasteiger partial charge in [0, 0.05) is 11.1 Å². The number of imide groups is 1. The Morgan fingerprint density at radius 1 is 1.47 bits per heavy atom. The highest BCUT2D eigenvalue weighted by molar-refractivity contribution is 7.09. The van der Waals surface area contributed by atoms with E-state index in [4.69, 9.17) is 0 Å². The van der Waals surface area contributed by atoms with Gasteiger partial charge in [0.05, 0.1) is 19.6 Å². The molecule has 0 saturated carbocycles. The van der Waals surface area contributed by atoms with Gasteiger partial charge in [0.2, 0.25) is 11.8 Å². The van der Waals surface area contributed by atoms with E-state index in [2.05, 4.69) is 10.3 Å². The minimum atomic E-state index is -0.237. The number of nitrogens with zero attached hydrogens (tertiary/aromatic N) is 2. The van der Waals surface area contributed by atoms with Gasteiger partial charge in [-0.15, -0.1) is 11.3 Å². The number of nitrogens with one attached hydrogen (secondary N) is 1. The zero-order chi connectivity index (χ0) is 10.8. The number of carbonyl (C=O) groups excluding carboxylic acids is 2. The monoisotopic (exact) mass is 225 g/mol. The molecule has 5 nitrogen and oxygen atoms in total. The van der Waals surface area contributed by atoms with Crippen molar-refractivity contribution in [2.45, 2.75) is 13.5 Å². The molecule has 1 aromatic rings. The third kappa shape index (κ3) is 2.60. The van der Waals surface area contributed by atoms with Gasteiger partial charge in [0.1, 0.15) is 5.01 Å². The Bertz CT molecular complexity index is 386. The number of carbonyl (C=O) groups is 2. The molecule has 6 heteroatoms. The molecule has 1 aromatic heterocycles. The van der Waals surface area contributed by atoms with Crippen molar-refractivity contribution in [1.82, 2.24) is 15.2 Å². The van der Waals surface area contributed by atoms with Crippen LogP contribution in [0.2, 0.25) is 0 Å². The lowest BCUT2D eigenvalue weighted by Gasteiger charge is -2.23. The molecule has 0 bridgehead atoms. The molecule has 0 radical (unpaired) electrons. The summed E-state index contributed by atoms with van der Waals surface area (Å²) in [6, 6.07) is 0. The van der Waals surface area contributed by atoms with Crippen LogP contribution in [-0.2, 0) is 16.1 Å². The number of thiazole rings is 1. The fourth-order valence-corrected chi connectivity index (χ4v) is 2.29. The first-order valence-corrected chi connectivity index (χ1v) is 5.47. The second kappa shape index (κ2) is 4.08. The molecule has 0 unspecified atom stereocenters. The van der Waals surface area contributed by atoms with E-state index in [1.165, 1.54) is 0 Å². The van der Waals surface area contributed by atoms with Gasteiger partial charge in [-0.1, -0.05) is 0 Å². The predicted molar refractivity (Wildman–Crippen MR) is 55.3 cm³/mol. The Morgan fingerprint density at radius 3 is 2.67 bits per heavy atom. The van der Waals surface area contributed by atoms with Crippen LogP contribution in [-0.4, -0.2) is 34.8 Å². The van der Waals surface area contributed by atoms with Crippen LogP contribution in [0.25, 0.3) is 0 Å². The van der Waals surface area contributed by atoms with Crippen molar-refractivity contribution in [3.63, 3.8) is 0 Å². The fraction of sp³-hybridized carbons (Fsp3) is 0.444. The highest BCUT2D eigenvalue weighted by Crippen LogP contribution is 2.12. The molecule has 1 N–H and O–H groups in total. The van der Waals surface area contributed by atoms with Gasteiger partial charge in [-0.25, -0.2) is 4.98 Å². The Morgan fingerprint density at radius 2 is 2.13 bits per heavy atom. The maximum Gasteiger partial charge on any atom is 0.240 e. The van der Waals surface area contributed by atoms with Crippen molar-refractivity contribution in [3.8, 4) is 0 Å². The summed E-state index contributed by atoms with van der Waals surface area (Å²) in [5.41, 5.74) is 0.975. The summed E-state index contributed by atoms with van der Waals surface area (Å²) in [6.07, 6.45) is 0. The number of hydrogen-bond acceptors (Lipinski definition) is 5. The van der Waals surface area contributed by atoms with Crippen LogP contribution >= 0.6 is 11.3 Å². The van der Waals surface area contributed by atoms with Crippen molar-refractivity contribution in [1.29, 1.82) is 0 Å². The maximum atomic E-state index is 11.1. The average Bonchev–Trinajstić information content (AvgIpc) is 2.49. The van der Waals surface area contributed by atoms with E-state index in [1.54, 1.807) is 16.2 Å². The van der Waals surface area contributed by atoms with Crippen molar-refractivity contribution >= 4 is 23.2 Å². The highest BCUT2D eigenvalue weighted by atomic mass is 32.1. The van der Waals surface area contributed by atoms with E-state index in [0.717, 1.165) is 10.7 Å². The van der Waals surface area contributed by atoms with Crippen LogP contribution in [0.3, 0.4) is 0 Å². The van der Waals surface area contributed by atoms with Gasteiger partial charge in [-0.05, 0) is 6.92 Å². The molecule has 1 aliphatic heterocycles. The molecule has 15 heavy (non-hydrogen) atoms. The Balaban J connectivity index is 2.00. The van der Waals surface area contributed by atoms with Gasteiger partial charge >= 0.3 is 0 Å². The van der Waals surface area contributed by atoms with Gasteiger partial charge in [-0.2, -0.15) is 0 Å². The lowest BCUT2D eigenvalue weighted by Crippen LogP contribution is -2.50. The van der Waals surface area contributed by atoms with Crippen LogP contribution in [0.4, 0.5) is 0 Å². The Kier molecular flexibility index (Phi) is 2.79. The topological polar surface area (TPSA) is 62.3 Å². The van der Waals surface area contributed by atoms with Crippen LogP contribution in [0.5, 0.6) is 0 Å². The van der Waals surface area contributed by atoms with Crippen LogP contribution in [0.1, 0.15) is 10.7 Å².